The number of sulfone groups is 1. The van der Waals surface area contributed by atoms with Crippen molar-refractivity contribution in [2.75, 3.05) is 11.5 Å². The minimum absolute atomic E-state index is 0.236. The average molecular weight is 269 g/mol. The molecule has 0 radical (unpaired) electrons. The summed E-state index contributed by atoms with van der Waals surface area (Å²) in [5, 5.41) is 0. The van der Waals surface area contributed by atoms with E-state index < -0.39 is 9.84 Å². The van der Waals surface area contributed by atoms with E-state index in [-0.39, 0.29) is 5.75 Å². The SMILES string of the molecule is CCCCCCCS(=O)(=O)c1ccc(N)c(C)c1. The predicted molar refractivity (Wildman–Crippen MR) is 76.4 cm³/mol. The van der Waals surface area contributed by atoms with Gasteiger partial charge in [0, 0.05) is 5.69 Å². The normalized spacial score (nSPS) is 11.7. The second-order valence-corrected chi connectivity index (χ2v) is 6.86. The molecule has 0 aliphatic rings. The van der Waals surface area contributed by atoms with Crippen molar-refractivity contribution in [1.29, 1.82) is 0 Å². The summed E-state index contributed by atoms with van der Waals surface area (Å²) in [6.07, 6.45) is 5.20. The van der Waals surface area contributed by atoms with Crippen LogP contribution < -0.4 is 5.73 Å². The van der Waals surface area contributed by atoms with Gasteiger partial charge in [-0.1, -0.05) is 32.6 Å². The number of nitrogen functional groups attached to an aromatic ring is 1. The second-order valence-electron chi connectivity index (χ2n) is 4.75. The zero-order valence-electron chi connectivity index (χ0n) is 11.3. The van der Waals surface area contributed by atoms with E-state index >= 15 is 0 Å². The zero-order valence-corrected chi connectivity index (χ0v) is 12.1. The lowest BCUT2D eigenvalue weighted by atomic mass is 10.2. The van der Waals surface area contributed by atoms with Crippen LogP contribution in [0.2, 0.25) is 0 Å². The van der Waals surface area contributed by atoms with Gasteiger partial charge in [0.25, 0.3) is 0 Å². The number of benzene rings is 1. The average Bonchev–Trinajstić information content (AvgIpc) is 2.32. The number of unbranched alkanes of at least 4 members (excludes halogenated alkanes) is 4. The third-order valence-electron chi connectivity index (χ3n) is 3.12. The van der Waals surface area contributed by atoms with Gasteiger partial charge < -0.3 is 5.73 Å². The van der Waals surface area contributed by atoms with E-state index in [2.05, 4.69) is 6.92 Å². The number of hydrogen-bond donors (Lipinski definition) is 1. The summed E-state index contributed by atoms with van der Waals surface area (Å²) in [4.78, 5) is 0.393. The van der Waals surface area contributed by atoms with Crippen LogP contribution in [0.25, 0.3) is 0 Å². The number of rotatable bonds is 7. The van der Waals surface area contributed by atoms with Gasteiger partial charge in [-0.25, -0.2) is 8.42 Å². The fourth-order valence-electron chi connectivity index (χ4n) is 1.86. The van der Waals surface area contributed by atoms with Crippen LogP contribution in [0.1, 0.15) is 44.6 Å². The van der Waals surface area contributed by atoms with E-state index in [9.17, 15) is 8.42 Å². The first kappa shape index (κ1) is 15.0. The first-order chi connectivity index (χ1) is 8.47. The van der Waals surface area contributed by atoms with Gasteiger partial charge in [-0.05, 0) is 37.1 Å². The predicted octanol–water partition coefficient (Wildman–Crippen LogP) is 3.32. The van der Waals surface area contributed by atoms with E-state index in [0.717, 1.165) is 24.8 Å². The monoisotopic (exact) mass is 269 g/mol. The summed E-state index contributed by atoms with van der Waals surface area (Å²) < 4.78 is 24.2. The zero-order chi connectivity index (χ0) is 13.6. The second kappa shape index (κ2) is 6.78. The standard InChI is InChI=1S/C14H23NO2S/c1-3-4-5-6-7-10-18(16,17)13-8-9-14(15)12(2)11-13/h8-9,11H,3-7,10,15H2,1-2H3. The number of nitrogens with two attached hydrogens (primary N) is 1. The molecule has 0 fully saturated rings. The molecule has 4 heteroatoms. The Bertz CT molecular complexity index is 481. The molecule has 2 N–H and O–H groups in total. The van der Waals surface area contributed by atoms with E-state index in [1.54, 1.807) is 18.2 Å². The topological polar surface area (TPSA) is 60.2 Å². The Labute approximate surface area is 110 Å². The largest absolute Gasteiger partial charge is 0.399 e. The van der Waals surface area contributed by atoms with E-state index in [1.165, 1.54) is 12.8 Å². The molecule has 0 heterocycles. The molecule has 0 atom stereocenters. The van der Waals surface area contributed by atoms with Crippen LogP contribution in [0, 0.1) is 6.92 Å². The Morgan fingerprint density at radius 2 is 1.78 bits per heavy atom. The molecule has 0 amide bonds. The Morgan fingerprint density at radius 1 is 1.11 bits per heavy atom. The highest BCUT2D eigenvalue weighted by Crippen LogP contribution is 2.19. The lowest BCUT2D eigenvalue weighted by molar-refractivity contribution is 0.586. The Balaban J connectivity index is 2.60. The molecule has 0 aliphatic heterocycles. The van der Waals surface area contributed by atoms with Crippen molar-refractivity contribution in [3.8, 4) is 0 Å². The van der Waals surface area contributed by atoms with Crippen molar-refractivity contribution >= 4 is 15.5 Å². The number of anilines is 1. The van der Waals surface area contributed by atoms with Gasteiger partial charge in [-0.2, -0.15) is 0 Å². The van der Waals surface area contributed by atoms with Crippen LogP contribution in [0.3, 0.4) is 0 Å². The van der Waals surface area contributed by atoms with Crippen molar-refractivity contribution < 1.29 is 8.42 Å². The lowest BCUT2D eigenvalue weighted by Crippen LogP contribution is -2.07. The molecule has 18 heavy (non-hydrogen) atoms. The Kier molecular flexibility index (Phi) is 5.66. The smallest absolute Gasteiger partial charge is 0.178 e. The summed E-state index contributed by atoms with van der Waals surface area (Å²) in [5.41, 5.74) is 7.15. The maximum atomic E-state index is 12.1. The molecule has 0 spiro atoms. The molecule has 102 valence electrons. The summed E-state index contributed by atoms with van der Waals surface area (Å²) >= 11 is 0. The van der Waals surface area contributed by atoms with Gasteiger partial charge in [0.2, 0.25) is 0 Å². The van der Waals surface area contributed by atoms with E-state index in [1.807, 2.05) is 6.92 Å². The van der Waals surface area contributed by atoms with Crippen LogP contribution >= 0.6 is 0 Å². The number of hydrogen-bond acceptors (Lipinski definition) is 3. The molecule has 1 aromatic carbocycles. The van der Waals surface area contributed by atoms with Crippen molar-refractivity contribution in [3.63, 3.8) is 0 Å². The molecular weight excluding hydrogens is 246 g/mol. The van der Waals surface area contributed by atoms with Gasteiger partial charge in [0.15, 0.2) is 9.84 Å². The molecule has 0 bridgehead atoms. The fraction of sp³-hybridized carbons (Fsp3) is 0.571. The lowest BCUT2D eigenvalue weighted by Gasteiger charge is -2.07. The molecule has 3 nitrogen and oxygen atoms in total. The maximum absolute atomic E-state index is 12.1. The first-order valence-electron chi connectivity index (χ1n) is 6.56. The minimum Gasteiger partial charge on any atom is -0.399 e. The Hall–Kier alpha value is -1.03. The maximum Gasteiger partial charge on any atom is 0.178 e. The van der Waals surface area contributed by atoms with E-state index in [0.29, 0.717) is 10.6 Å². The fourth-order valence-corrected chi connectivity index (χ4v) is 3.31. The van der Waals surface area contributed by atoms with Crippen LogP contribution in [0.4, 0.5) is 5.69 Å². The van der Waals surface area contributed by atoms with Gasteiger partial charge in [-0.15, -0.1) is 0 Å². The molecule has 1 aromatic rings. The molecule has 1 rings (SSSR count). The van der Waals surface area contributed by atoms with E-state index in [4.69, 9.17) is 5.73 Å². The van der Waals surface area contributed by atoms with Crippen LogP contribution in [0.5, 0.6) is 0 Å². The van der Waals surface area contributed by atoms with Crippen LogP contribution in [-0.4, -0.2) is 14.2 Å². The third-order valence-corrected chi connectivity index (χ3v) is 4.92. The molecule has 0 saturated carbocycles. The molecule has 0 aromatic heterocycles. The molecule has 0 saturated heterocycles. The van der Waals surface area contributed by atoms with Crippen LogP contribution in [0.15, 0.2) is 23.1 Å². The highest BCUT2D eigenvalue weighted by Gasteiger charge is 2.14. The summed E-state index contributed by atoms with van der Waals surface area (Å²) in [6.45, 7) is 3.98. The number of aryl methyl sites for hydroxylation is 1. The van der Waals surface area contributed by atoms with Crippen molar-refractivity contribution in [2.24, 2.45) is 0 Å². The summed E-state index contributed by atoms with van der Waals surface area (Å²) in [6, 6.07) is 4.93. The van der Waals surface area contributed by atoms with Gasteiger partial charge in [-0.3, -0.25) is 0 Å². The highest BCUT2D eigenvalue weighted by atomic mass is 32.2. The van der Waals surface area contributed by atoms with Gasteiger partial charge in [0.05, 0.1) is 10.6 Å². The quantitative estimate of drug-likeness (QED) is 0.610. The van der Waals surface area contributed by atoms with Crippen molar-refractivity contribution in [1.82, 2.24) is 0 Å². The van der Waals surface area contributed by atoms with Gasteiger partial charge >= 0.3 is 0 Å². The van der Waals surface area contributed by atoms with Crippen LogP contribution in [-0.2, 0) is 9.84 Å². The summed E-state index contributed by atoms with van der Waals surface area (Å²) in [7, 11) is -3.14. The first-order valence-corrected chi connectivity index (χ1v) is 8.21. The minimum atomic E-state index is -3.14. The summed E-state index contributed by atoms with van der Waals surface area (Å²) in [5.74, 6) is 0.236. The highest BCUT2D eigenvalue weighted by molar-refractivity contribution is 7.91. The Morgan fingerprint density at radius 3 is 2.39 bits per heavy atom. The third kappa shape index (κ3) is 4.33. The van der Waals surface area contributed by atoms with Crippen molar-refractivity contribution in [3.05, 3.63) is 23.8 Å². The van der Waals surface area contributed by atoms with Crippen molar-refractivity contribution in [2.45, 2.75) is 50.8 Å². The molecule has 0 aliphatic carbocycles. The molecule has 0 unspecified atom stereocenters. The molecular formula is C14H23NO2S. The van der Waals surface area contributed by atoms with Gasteiger partial charge in [0.1, 0.15) is 0 Å².